The van der Waals surface area contributed by atoms with Gasteiger partial charge in [-0.25, -0.2) is 0 Å². The van der Waals surface area contributed by atoms with E-state index in [-0.39, 0.29) is 29.4 Å². The lowest BCUT2D eigenvalue weighted by molar-refractivity contribution is 0.241. The highest BCUT2D eigenvalue weighted by atomic mass is 127. The first-order valence-electron chi connectivity index (χ1n) is 5.61. The highest BCUT2D eigenvalue weighted by Gasteiger charge is 2.18. The molecule has 0 saturated carbocycles. The lowest BCUT2D eigenvalue weighted by Crippen LogP contribution is -2.44. The number of aliphatic imine (C=N–C) groups is 1. The van der Waals surface area contributed by atoms with Gasteiger partial charge in [-0.1, -0.05) is 19.9 Å². The zero-order valence-corrected chi connectivity index (χ0v) is 14.0. The van der Waals surface area contributed by atoms with Crippen LogP contribution in [0, 0.1) is 5.41 Å². The van der Waals surface area contributed by atoms with E-state index in [1.165, 1.54) is 0 Å². The fraction of sp³-hybridized carbons (Fsp3) is 0.750. The third-order valence-electron chi connectivity index (χ3n) is 2.12. The van der Waals surface area contributed by atoms with E-state index < -0.39 is 0 Å². The maximum Gasteiger partial charge on any atom is 0.191 e. The molecule has 0 fully saturated rings. The minimum Gasteiger partial charge on any atom is -0.356 e. The molecular formula is C12H27IN4. The van der Waals surface area contributed by atoms with Gasteiger partial charge >= 0.3 is 0 Å². The monoisotopic (exact) mass is 354 g/mol. The predicted molar refractivity (Wildman–Crippen MR) is 87.3 cm³/mol. The Morgan fingerprint density at radius 3 is 2.35 bits per heavy atom. The summed E-state index contributed by atoms with van der Waals surface area (Å²) in [6.07, 6.45) is 1.82. The van der Waals surface area contributed by atoms with Crippen LogP contribution in [0.15, 0.2) is 17.6 Å². The fourth-order valence-corrected chi connectivity index (χ4v) is 1.62. The predicted octanol–water partition coefficient (Wildman–Crippen LogP) is 1.54. The smallest absolute Gasteiger partial charge is 0.191 e. The lowest BCUT2D eigenvalue weighted by atomic mass is 9.93. The quantitative estimate of drug-likeness (QED) is 0.329. The molecule has 0 radical (unpaired) electrons. The highest BCUT2D eigenvalue weighted by molar-refractivity contribution is 14.0. The standard InChI is InChI=1S/C12H26N4.HI/c1-7-8-14-11(13-4)15-9-12(2,3)10-16(5)6;/h7H,1,8-10H2,2-6H3,(H2,13,14,15);1H. The number of nitrogens with zero attached hydrogens (tertiary/aromatic N) is 2. The molecule has 0 spiro atoms. The molecule has 0 aromatic rings. The molecule has 17 heavy (non-hydrogen) atoms. The van der Waals surface area contributed by atoms with E-state index in [1.807, 2.05) is 6.08 Å². The van der Waals surface area contributed by atoms with Crippen molar-refractivity contribution in [1.29, 1.82) is 0 Å². The molecule has 0 aromatic carbocycles. The number of halogens is 1. The maximum absolute atomic E-state index is 4.14. The van der Waals surface area contributed by atoms with Crippen molar-refractivity contribution in [1.82, 2.24) is 15.5 Å². The second-order valence-corrected chi connectivity index (χ2v) is 5.00. The highest BCUT2D eigenvalue weighted by Crippen LogP contribution is 2.13. The normalized spacial score (nSPS) is 12.0. The molecule has 0 amide bonds. The van der Waals surface area contributed by atoms with Gasteiger partial charge in [-0.2, -0.15) is 0 Å². The first-order valence-corrected chi connectivity index (χ1v) is 5.61. The molecule has 0 rings (SSSR count). The molecule has 2 N–H and O–H groups in total. The first-order chi connectivity index (χ1) is 7.41. The summed E-state index contributed by atoms with van der Waals surface area (Å²) in [5.74, 6) is 0.826. The number of hydrogen-bond acceptors (Lipinski definition) is 2. The van der Waals surface area contributed by atoms with Crippen molar-refractivity contribution in [3.63, 3.8) is 0 Å². The van der Waals surface area contributed by atoms with E-state index in [1.54, 1.807) is 7.05 Å². The first kappa shape index (κ1) is 19.0. The fourth-order valence-electron chi connectivity index (χ4n) is 1.62. The van der Waals surface area contributed by atoms with Gasteiger partial charge in [-0.3, -0.25) is 4.99 Å². The Bertz CT molecular complexity index is 237. The van der Waals surface area contributed by atoms with Crippen LogP contribution in [0.4, 0.5) is 0 Å². The summed E-state index contributed by atoms with van der Waals surface area (Å²) in [6, 6.07) is 0. The van der Waals surface area contributed by atoms with Gasteiger partial charge in [0, 0.05) is 26.7 Å². The van der Waals surface area contributed by atoms with Crippen LogP contribution in [0.2, 0.25) is 0 Å². The summed E-state index contributed by atoms with van der Waals surface area (Å²) in [5, 5.41) is 6.47. The minimum atomic E-state index is 0. The summed E-state index contributed by atoms with van der Waals surface area (Å²) in [5.41, 5.74) is 0.218. The van der Waals surface area contributed by atoms with E-state index in [0.717, 1.165) is 25.6 Å². The molecule has 0 atom stereocenters. The second kappa shape index (κ2) is 9.70. The largest absolute Gasteiger partial charge is 0.356 e. The summed E-state index contributed by atoms with van der Waals surface area (Å²) < 4.78 is 0. The Morgan fingerprint density at radius 2 is 1.94 bits per heavy atom. The van der Waals surface area contributed by atoms with Gasteiger partial charge in [-0.15, -0.1) is 30.6 Å². The maximum atomic E-state index is 4.14. The van der Waals surface area contributed by atoms with Crippen LogP contribution in [-0.4, -0.2) is 51.6 Å². The number of nitrogens with one attached hydrogen (secondary N) is 2. The van der Waals surface area contributed by atoms with Gasteiger partial charge in [0.15, 0.2) is 5.96 Å². The molecule has 0 saturated heterocycles. The molecule has 0 bridgehead atoms. The molecule has 4 nitrogen and oxygen atoms in total. The molecule has 0 aromatic heterocycles. The van der Waals surface area contributed by atoms with Crippen LogP contribution < -0.4 is 10.6 Å². The summed E-state index contributed by atoms with van der Waals surface area (Å²) in [6.45, 7) is 10.8. The van der Waals surface area contributed by atoms with Gasteiger partial charge in [0.05, 0.1) is 0 Å². The van der Waals surface area contributed by atoms with Crippen molar-refractivity contribution >= 4 is 29.9 Å². The van der Waals surface area contributed by atoms with Crippen LogP contribution in [0.1, 0.15) is 13.8 Å². The second-order valence-electron chi connectivity index (χ2n) is 5.00. The van der Waals surface area contributed by atoms with Crippen molar-refractivity contribution < 1.29 is 0 Å². The SMILES string of the molecule is C=CCNC(=NC)NCC(C)(C)CN(C)C.I. The molecular weight excluding hydrogens is 327 g/mol. The van der Waals surface area contributed by atoms with E-state index in [4.69, 9.17) is 0 Å². The third kappa shape index (κ3) is 10.6. The minimum absolute atomic E-state index is 0. The zero-order valence-electron chi connectivity index (χ0n) is 11.7. The Labute approximate surface area is 123 Å². The average molecular weight is 354 g/mol. The molecule has 102 valence electrons. The molecule has 0 heterocycles. The van der Waals surface area contributed by atoms with Gasteiger partial charge < -0.3 is 15.5 Å². The summed E-state index contributed by atoms with van der Waals surface area (Å²) in [4.78, 5) is 6.34. The summed E-state index contributed by atoms with van der Waals surface area (Å²) >= 11 is 0. The Kier molecular flexibility index (Phi) is 10.9. The van der Waals surface area contributed by atoms with Gasteiger partial charge in [0.1, 0.15) is 0 Å². The number of guanidine groups is 1. The van der Waals surface area contributed by atoms with E-state index in [9.17, 15) is 0 Å². The van der Waals surface area contributed by atoms with Crippen molar-refractivity contribution in [2.75, 3.05) is 40.8 Å². The number of hydrogen-bond donors (Lipinski definition) is 2. The van der Waals surface area contributed by atoms with E-state index in [0.29, 0.717) is 0 Å². The average Bonchev–Trinajstić information content (AvgIpc) is 2.16. The van der Waals surface area contributed by atoms with Crippen molar-refractivity contribution in [3.05, 3.63) is 12.7 Å². The molecule has 0 aliphatic rings. The molecule has 0 unspecified atom stereocenters. The molecule has 5 heteroatoms. The Morgan fingerprint density at radius 1 is 1.35 bits per heavy atom. The van der Waals surface area contributed by atoms with Crippen LogP contribution in [-0.2, 0) is 0 Å². The van der Waals surface area contributed by atoms with E-state index >= 15 is 0 Å². The van der Waals surface area contributed by atoms with Crippen LogP contribution in [0.5, 0.6) is 0 Å². The number of rotatable bonds is 6. The third-order valence-corrected chi connectivity index (χ3v) is 2.12. The molecule has 0 aliphatic carbocycles. The van der Waals surface area contributed by atoms with Crippen LogP contribution in [0.25, 0.3) is 0 Å². The van der Waals surface area contributed by atoms with Crippen molar-refractivity contribution in [2.24, 2.45) is 10.4 Å². The zero-order chi connectivity index (χ0) is 12.6. The van der Waals surface area contributed by atoms with Gasteiger partial charge in [0.2, 0.25) is 0 Å². The Balaban J connectivity index is 0. The van der Waals surface area contributed by atoms with Crippen LogP contribution in [0.3, 0.4) is 0 Å². The topological polar surface area (TPSA) is 39.7 Å². The van der Waals surface area contributed by atoms with Crippen molar-refractivity contribution in [3.8, 4) is 0 Å². The van der Waals surface area contributed by atoms with E-state index in [2.05, 4.69) is 55.0 Å². The lowest BCUT2D eigenvalue weighted by Gasteiger charge is -2.29. The van der Waals surface area contributed by atoms with Gasteiger partial charge in [0.25, 0.3) is 0 Å². The van der Waals surface area contributed by atoms with Gasteiger partial charge in [-0.05, 0) is 19.5 Å². The summed E-state index contributed by atoms with van der Waals surface area (Å²) in [7, 11) is 5.95. The molecule has 0 aliphatic heterocycles. The van der Waals surface area contributed by atoms with Crippen LogP contribution >= 0.6 is 24.0 Å². The Hall–Kier alpha value is -0.300. The van der Waals surface area contributed by atoms with Crippen molar-refractivity contribution in [2.45, 2.75) is 13.8 Å².